The molecule has 2 heterocycles. The number of hydrogen-bond donors (Lipinski definition) is 1. The van der Waals surface area contributed by atoms with Crippen LogP contribution in [0.5, 0.6) is 0 Å². The molecule has 2 unspecified atom stereocenters. The van der Waals surface area contributed by atoms with Crippen LogP contribution < -0.4 is 5.32 Å². The van der Waals surface area contributed by atoms with E-state index in [1.54, 1.807) is 19.1 Å². The van der Waals surface area contributed by atoms with Gasteiger partial charge in [-0.2, -0.15) is 5.11 Å². The molecular weight excluding hydrogens is 270 g/mol. The number of aryl methyl sites for hydroxylation is 2. The number of hydrogen-bond acceptors (Lipinski definition) is 4. The first kappa shape index (κ1) is 13.7. The standard InChI is InChI=1S/C15H17N3O3/c1-8-5-12(9(2)21-8)15(20)16-11-3-4-13-10(6-11)7-14(19)18-17-13/h5,7,11,13H,3-4,6H2,1-2H3,(H,16,20). The summed E-state index contributed by atoms with van der Waals surface area (Å²) in [4.78, 5) is 23.6. The molecule has 6 nitrogen and oxygen atoms in total. The largest absolute Gasteiger partial charge is 0.466 e. The molecule has 2 aliphatic rings. The first-order valence-corrected chi connectivity index (χ1v) is 7.06. The van der Waals surface area contributed by atoms with Crippen molar-refractivity contribution in [3.05, 3.63) is 34.8 Å². The summed E-state index contributed by atoms with van der Waals surface area (Å²) in [6.07, 6.45) is 3.83. The van der Waals surface area contributed by atoms with Gasteiger partial charge in [-0.05, 0) is 44.7 Å². The molecule has 2 atom stereocenters. The maximum absolute atomic E-state index is 12.3. The van der Waals surface area contributed by atoms with Crippen molar-refractivity contribution in [2.45, 2.75) is 45.2 Å². The van der Waals surface area contributed by atoms with Gasteiger partial charge in [0.2, 0.25) is 0 Å². The van der Waals surface area contributed by atoms with Gasteiger partial charge in [0.1, 0.15) is 11.5 Å². The minimum Gasteiger partial charge on any atom is -0.466 e. The van der Waals surface area contributed by atoms with E-state index in [0.717, 1.165) is 24.2 Å². The van der Waals surface area contributed by atoms with Crippen LogP contribution in [0.2, 0.25) is 0 Å². The third-order valence-electron chi connectivity index (χ3n) is 3.92. The van der Waals surface area contributed by atoms with Gasteiger partial charge >= 0.3 is 0 Å². The fourth-order valence-corrected chi connectivity index (χ4v) is 2.91. The highest BCUT2D eigenvalue weighted by Crippen LogP contribution is 2.29. The molecule has 1 fully saturated rings. The maximum Gasteiger partial charge on any atom is 0.287 e. The second-order valence-corrected chi connectivity index (χ2v) is 5.57. The summed E-state index contributed by atoms with van der Waals surface area (Å²) in [6, 6.07) is 1.78. The monoisotopic (exact) mass is 287 g/mol. The van der Waals surface area contributed by atoms with Gasteiger partial charge in [-0.3, -0.25) is 9.59 Å². The molecule has 1 aliphatic carbocycles. The van der Waals surface area contributed by atoms with Gasteiger partial charge < -0.3 is 9.73 Å². The van der Waals surface area contributed by atoms with Crippen molar-refractivity contribution in [1.29, 1.82) is 0 Å². The van der Waals surface area contributed by atoms with Crippen molar-refractivity contribution in [2.24, 2.45) is 10.2 Å². The van der Waals surface area contributed by atoms with Crippen molar-refractivity contribution >= 4 is 11.8 Å². The van der Waals surface area contributed by atoms with Crippen LogP contribution in [0, 0.1) is 13.8 Å². The molecule has 1 saturated carbocycles. The molecule has 1 aromatic rings. The number of amides is 2. The van der Waals surface area contributed by atoms with E-state index in [4.69, 9.17) is 4.42 Å². The average molecular weight is 287 g/mol. The lowest BCUT2D eigenvalue weighted by Crippen LogP contribution is -2.39. The van der Waals surface area contributed by atoms with E-state index >= 15 is 0 Å². The van der Waals surface area contributed by atoms with Crippen molar-refractivity contribution in [3.8, 4) is 0 Å². The zero-order valence-corrected chi connectivity index (χ0v) is 12.0. The van der Waals surface area contributed by atoms with E-state index in [-0.39, 0.29) is 23.9 Å². The number of nitrogens with zero attached hydrogens (tertiary/aromatic N) is 2. The SMILES string of the molecule is Cc1cc(C(=O)NC2CCC3N=NC(=O)C=C3C2)c(C)o1. The second-order valence-electron chi connectivity index (χ2n) is 5.57. The summed E-state index contributed by atoms with van der Waals surface area (Å²) < 4.78 is 5.38. The van der Waals surface area contributed by atoms with Crippen LogP contribution in [-0.2, 0) is 4.79 Å². The van der Waals surface area contributed by atoms with E-state index in [9.17, 15) is 9.59 Å². The number of carbonyl (C=O) groups excluding carboxylic acids is 2. The predicted molar refractivity (Wildman–Crippen MR) is 75.0 cm³/mol. The fourth-order valence-electron chi connectivity index (χ4n) is 2.91. The van der Waals surface area contributed by atoms with Crippen LogP contribution in [-0.4, -0.2) is 23.9 Å². The molecule has 0 spiro atoms. The maximum atomic E-state index is 12.3. The lowest BCUT2D eigenvalue weighted by atomic mass is 9.86. The molecule has 0 radical (unpaired) electrons. The minimum atomic E-state index is -0.311. The summed E-state index contributed by atoms with van der Waals surface area (Å²) in [5.74, 6) is 0.911. The first-order chi connectivity index (χ1) is 10.0. The number of fused-ring (bicyclic) bond motifs is 1. The molecule has 0 bridgehead atoms. The summed E-state index contributed by atoms with van der Waals surface area (Å²) >= 11 is 0. The number of carbonyl (C=O) groups is 2. The van der Waals surface area contributed by atoms with Crippen LogP contribution >= 0.6 is 0 Å². The molecule has 21 heavy (non-hydrogen) atoms. The second kappa shape index (κ2) is 5.27. The smallest absolute Gasteiger partial charge is 0.287 e. The Morgan fingerprint density at radius 2 is 2.19 bits per heavy atom. The molecule has 1 N–H and O–H groups in total. The summed E-state index contributed by atoms with van der Waals surface area (Å²) in [6.45, 7) is 3.60. The Bertz CT molecular complexity index is 657. The van der Waals surface area contributed by atoms with Gasteiger partial charge in [-0.15, -0.1) is 5.11 Å². The lowest BCUT2D eigenvalue weighted by Gasteiger charge is -2.29. The van der Waals surface area contributed by atoms with Crippen LogP contribution in [0.25, 0.3) is 0 Å². The summed E-state index contributed by atoms with van der Waals surface area (Å²) in [7, 11) is 0. The molecule has 0 aromatic carbocycles. The Morgan fingerprint density at radius 3 is 2.90 bits per heavy atom. The van der Waals surface area contributed by atoms with Crippen LogP contribution in [0.4, 0.5) is 0 Å². The topological polar surface area (TPSA) is 84.0 Å². The van der Waals surface area contributed by atoms with Gasteiger partial charge in [-0.25, -0.2) is 0 Å². The van der Waals surface area contributed by atoms with Crippen LogP contribution in [0.3, 0.4) is 0 Å². The molecule has 1 aliphatic heterocycles. The van der Waals surface area contributed by atoms with Crippen molar-refractivity contribution in [2.75, 3.05) is 0 Å². The number of nitrogens with one attached hydrogen (secondary N) is 1. The highest BCUT2D eigenvalue weighted by molar-refractivity contribution is 5.95. The quantitative estimate of drug-likeness (QED) is 0.906. The third-order valence-corrected chi connectivity index (χ3v) is 3.92. The molecule has 1 aromatic heterocycles. The Balaban J connectivity index is 1.68. The van der Waals surface area contributed by atoms with Crippen LogP contribution in [0.15, 0.2) is 32.4 Å². The molecule has 6 heteroatoms. The highest BCUT2D eigenvalue weighted by atomic mass is 16.3. The lowest BCUT2D eigenvalue weighted by molar-refractivity contribution is -0.114. The number of rotatable bonds is 2. The normalized spacial score (nSPS) is 24.5. The first-order valence-electron chi connectivity index (χ1n) is 7.06. The van der Waals surface area contributed by atoms with Crippen LogP contribution in [0.1, 0.15) is 41.1 Å². The molecule has 2 amide bonds. The van der Waals surface area contributed by atoms with Gasteiger partial charge in [0.05, 0.1) is 11.6 Å². The average Bonchev–Trinajstić information content (AvgIpc) is 2.77. The van der Waals surface area contributed by atoms with Crippen molar-refractivity contribution in [1.82, 2.24) is 5.32 Å². The molecule has 0 saturated heterocycles. The molecular formula is C15H17N3O3. The fraction of sp³-hybridized carbons (Fsp3) is 0.467. The molecule has 110 valence electrons. The van der Waals surface area contributed by atoms with Crippen molar-refractivity contribution in [3.63, 3.8) is 0 Å². The Kier molecular flexibility index (Phi) is 3.45. The van der Waals surface area contributed by atoms with Gasteiger partial charge in [0.15, 0.2) is 0 Å². The van der Waals surface area contributed by atoms with E-state index in [1.807, 2.05) is 6.92 Å². The van der Waals surface area contributed by atoms with E-state index in [1.165, 1.54) is 0 Å². The van der Waals surface area contributed by atoms with Gasteiger partial charge in [-0.1, -0.05) is 0 Å². The third kappa shape index (κ3) is 2.79. The van der Waals surface area contributed by atoms with Gasteiger partial charge in [0.25, 0.3) is 11.8 Å². The van der Waals surface area contributed by atoms with E-state index < -0.39 is 0 Å². The number of furan rings is 1. The Hall–Kier alpha value is -2.24. The summed E-state index contributed by atoms with van der Waals surface area (Å²) in [5, 5.41) is 10.6. The zero-order chi connectivity index (χ0) is 15.0. The van der Waals surface area contributed by atoms with Crippen molar-refractivity contribution < 1.29 is 14.0 Å². The van der Waals surface area contributed by atoms with E-state index in [2.05, 4.69) is 15.5 Å². The number of azo groups is 1. The summed E-state index contributed by atoms with van der Waals surface area (Å²) in [5.41, 5.74) is 1.54. The predicted octanol–water partition coefficient (Wildman–Crippen LogP) is 2.47. The van der Waals surface area contributed by atoms with Gasteiger partial charge in [0, 0.05) is 12.1 Å². The highest BCUT2D eigenvalue weighted by Gasteiger charge is 2.29. The molecule has 3 rings (SSSR count). The Morgan fingerprint density at radius 1 is 1.38 bits per heavy atom. The minimum absolute atomic E-state index is 0.00811. The zero-order valence-electron chi connectivity index (χ0n) is 12.0. The Labute approximate surface area is 122 Å². The van der Waals surface area contributed by atoms with E-state index in [0.29, 0.717) is 17.7 Å².